The number of hydrogen-bond donors (Lipinski definition) is 4. The first-order valence-electron chi connectivity index (χ1n) is 11.6. The van der Waals surface area contributed by atoms with Crippen molar-refractivity contribution in [2.24, 2.45) is 5.73 Å². The number of aliphatic carboxylic acids is 1. The van der Waals surface area contributed by atoms with Gasteiger partial charge < -0.3 is 16.2 Å². The molecule has 0 aliphatic carbocycles. The Balaban J connectivity index is 2.08. The molecule has 3 aromatic rings. The van der Waals surface area contributed by atoms with E-state index in [0.717, 1.165) is 18.8 Å². The van der Waals surface area contributed by atoms with Gasteiger partial charge in [-0.2, -0.15) is 5.43 Å². The van der Waals surface area contributed by atoms with Crippen LogP contribution in [-0.4, -0.2) is 56.1 Å². The van der Waals surface area contributed by atoms with Crippen molar-refractivity contribution in [2.45, 2.75) is 30.0 Å². The van der Waals surface area contributed by atoms with Crippen molar-refractivity contribution < 1.29 is 18.3 Å². The highest BCUT2D eigenvalue weighted by Gasteiger charge is 2.44. The molecular weight excluding hydrogens is 480 g/mol. The Bertz CT molecular complexity index is 1270. The van der Waals surface area contributed by atoms with Crippen molar-refractivity contribution in [2.75, 3.05) is 32.0 Å². The molecule has 10 nitrogen and oxygen atoms in total. The van der Waals surface area contributed by atoms with Crippen LogP contribution in [0.5, 0.6) is 0 Å². The summed E-state index contributed by atoms with van der Waals surface area (Å²) < 4.78 is 28.3. The SMILES string of the molecule is CC[N+](CC)(NC)c1ccc(CC(N)(c2cccc(NCC(=O)O)n2)S(=O)(=O)c2cccnc2)cc1. The summed E-state index contributed by atoms with van der Waals surface area (Å²) in [4.78, 5) is 17.4. The lowest BCUT2D eigenvalue weighted by molar-refractivity contribution is -0.134. The summed E-state index contributed by atoms with van der Waals surface area (Å²) in [5, 5.41) is 11.7. The highest BCUT2D eigenvalue weighted by Crippen LogP contribution is 2.34. The van der Waals surface area contributed by atoms with E-state index >= 15 is 0 Å². The Kier molecular flexibility index (Phi) is 8.41. The number of hydrogen-bond acceptors (Lipinski definition) is 8. The summed E-state index contributed by atoms with van der Waals surface area (Å²) in [6.45, 7) is 5.49. The maximum atomic E-state index is 13.9. The molecule has 2 aromatic heterocycles. The predicted octanol–water partition coefficient (Wildman–Crippen LogP) is 2.28. The molecule has 0 aliphatic rings. The first-order chi connectivity index (χ1) is 17.1. The van der Waals surface area contributed by atoms with E-state index in [0.29, 0.717) is 10.2 Å². The van der Waals surface area contributed by atoms with Crippen molar-refractivity contribution in [1.82, 2.24) is 20.0 Å². The van der Waals surface area contributed by atoms with E-state index in [1.165, 1.54) is 30.6 Å². The Labute approximate surface area is 211 Å². The third-order valence-electron chi connectivity index (χ3n) is 6.43. The minimum atomic E-state index is -4.16. The van der Waals surface area contributed by atoms with Gasteiger partial charge in [0, 0.05) is 38.0 Å². The van der Waals surface area contributed by atoms with E-state index in [9.17, 15) is 13.2 Å². The summed E-state index contributed by atoms with van der Waals surface area (Å²) in [7, 11) is -2.25. The second kappa shape index (κ2) is 11.1. The summed E-state index contributed by atoms with van der Waals surface area (Å²) in [5.74, 6) is -0.858. The number of quaternary nitrogens is 1. The predicted molar refractivity (Wildman–Crippen MR) is 140 cm³/mol. The molecule has 1 atom stereocenters. The van der Waals surface area contributed by atoms with Crippen molar-refractivity contribution >= 4 is 27.3 Å². The summed E-state index contributed by atoms with van der Waals surface area (Å²) in [6, 6.07) is 15.3. The fourth-order valence-electron chi connectivity index (χ4n) is 4.21. The zero-order chi connectivity index (χ0) is 26.4. The molecule has 1 aromatic carbocycles. The van der Waals surface area contributed by atoms with Gasteiger partial charge in [-0.25, -0.2) is 18.0 Å². The van der Waals surface area contributed by atoms with Gasteiger partial charge in [-0.1, -0.05) is 18.2 Å². The van der Waals surface area contributed by atoms with Gasteiger partial charge in [0.1, 0.15) is 12.4 Å². The van der Waals surface area contributed by atoms with Crippen LogP contribution in [0.1, 0.15) is 25.1 Å². The lowest BCUT2D eigenvalue weighted by atomic mass is 10.0. The number of nitrogens with zero attached hydrogens (tertiary/aromatic N) is 3. The highest BCUT2D eigenvalue weighted by molar-refractivity contribution is 7.92. The van der Waals surface area contributed by atoms with E-state index in [-0.39, 0.29) is 29.4 Å². The Morgan fingerprint density at radius 3 is 2.33 bits per heavy atom. The molecule has 1 unspecified atom stereocenters. The van der Waals surface area contributed by atoms with Gasteiger partial charge in [0.25, 0.3) is 0 Å². The zero-order valence-corrected chi connectivity index (χ0v) is 21.5. The minimum absolute atomic E-state index is 0.0300. The molecular formula is C25H33N6O4S+. The van der Waals surface area contributed by atoms with Gasteiger partial charge in [-0.3, -0.25) is 9.78 Å². The Morgan fingerprint density at radius 1 is 1.08 bits per heavy atom. The standard InChI is InChI=1S/C25H32N6O4S/c1-4-31(5-2,27-3)20-13-11-19(12-14-20)16-25(26,36(34,35)21-8-7-15-28-17-21)22-9-6-10-23(30-22)29-18-24(32)33/h6-15,17,27H,4-5,16,18,26H2,1-3H3,(H-,29,30,32,33)/p+1. The number of carbonyl (C=O) groups is 1. The number of nitrogens with one attached hydrogen (secondary N) is 2. The molecule has 2 heterocycles. The number of anilines is 1. The second-order valence-corrected chi connectivity index (χ2v) is 10.6. The monoisotopic (exact) mass is 513 g/mol. The third-order valence-corrected chi connectivity index (χ3v) is 8.61. The normalized spacial score (nSPS) is 13.7. The van der Waals surface area contributed by atoms with Crippen molar-refractivity contribution in [1.29, 1.82) is 0 Å². The van der Waals surface area contributed by atoms with Crippen LogP contribution >= 0.6 is 0 Å². The van der Waals surface area contributed by atoms with Crippen LogP contribution < -0.4 is 21.1 Å². The molecule has 0 radical (unpaired) electrons. The maximum absolute atomic E-state index is 13.9. The molecule has 0 aliphatic heterocycles. The molecule has 0 fully saturated rings. The molecule has 0 amide bonds. The molecule has 3 rings (SSSR count). The first kappa shape index (κ1) is 27.2. The average molecular weight is 514 g/mol. The largest absolute Gasteiger partial charge is 0.480 e. The van der Waals surface area contributed by atoms with E-state index in [4.69, 9.17) is 10.8 Å². The molecule has 0 bridgehead atoms. The summed E-state index contributed by atoms with van der Waals surface area (Å²) in [6.07, 6.45) is 2.68. The number of nitrogens with two attached hydrogens (primary N) is 1. The number of carboxylic acid groups (broad SMARTS) is 1. The van der Waals surface area contributed by atoms with Crippen LogP contribution in [0, 0.1) is 0 Å². The Hall–Kier alpha value is -3.38. The average Bonchev–Trinajstić information content (AvgIpc) is 2.90. The molecule has 0 saturated carbocycles. The third kappa shape index (κ3) is 5.39. The van der Waals surface area contributed by atoms with Crippen molar-refractivity contribution in [3.05, 3.63) is 78.2 Å². The molecule has 0 saturated heterocycles. The van der Waals surface area contributed by atoms with Crippen LogP contribution in [0.15, 0.2) is 71.9 Å². The zero-order valence-electron chi connectivity index (χ0n) is 20.7. The smallest absolute Gasteiger partial charge is 0.322 e. The molecule has 36 heavy (non-hydrogen) atoms. The number of pyridine rings is 2. The number of sulfone groups is 1. The van der Waals surface area contributed by atoms with Gasteiger partial charge in [0.2, 0.25) is 9.84 Å². The number of rotatable bonds is 12. The van der Waals surface area contributed by atoms with Crippen LogP contribution in [0.4, 0.5) is 11.5 Å². The quantitative estimate of drug-likeness (QED) is 0.211. The fraction of sp³-hybridized carbons (Fsp3) is 0.320. The van der Waals surface area contributed by atoms with Crippen molar-refractivity contribution in [3.63, 3.8) is 0 Å². The van der Waals surface area contributed by atoms with Gasteiger partial charge in [-0.05, 0) is 43.7 Å². The summed E-state index contributed by atoms with van der Waals surface area (Å²) >= 11 is 0. The van der Waals surface area contributed by atoms with E-state index in [1.807, 2.05) is 31.3 Å². The highest BCUT2D eigenvalue weighted by atomic mass is 32.2. The first-order valence-corrected chi connectivity index (χ1v) is 13.1. The van der Waals surface area contributed by atoms with Crippen molar-refractivity contribution in [3.8, 4) is 0 Å². The maximum Gasteiger partial charge on any atom is 0.322 e. The van der Waals surface area contributed by atoms with Gasteiger partial charge in [-0.15, -0.1) is 0 Å². The van der Waals surface area contributed by atoms with Gasteiger partial charge in [0.05, 0.1) is 23.7 Å². The molecule has 192 valence electrons. The lowest BCUT2D eigenvalue weighted by Crippen LogP contribution is -2.57. The van der Waals surface area contributed by atoms with Gasteiger partial charge >= 0.3 is 5.97 Å². The topological polar surface area (TPSA) is 147 Å². The van der Waals surface area contributed by atoms with Crippen LogP contribution in [-0.2, 0) is 25.9 Å². The summed E-state index contributed by atoms with van der Waals surface area (Å²) in [5.41, 5.74) is 11.9. The van der Waals surface area contributed by atoms with E-state index in [1.54, 1.807) is 12.1 Å². The van der Waals surface area contributed by atoms with Crippen LogP contribution in [0.2, 0.25) is 0 Å². The Morgan fingerprint density at radius 2 is 1.78 bits per heavy atom. The minimum Gasteiger partial charge on any atom is -0.480 e. The number of carboxylic acids is 1. The molecule has 5 N–H and O–H groups in total. The van der Waals surface area contributed by atoms with E-state index in [2.05, 4.69) is 34.6 Å². The fourth-order valence-corrected chi connectivity index (χ4v) is 5.83. The second-order valence-electron chi connectivity index (χ2n) is 8.40. The van der Waals surface area contributed by atoms with E-state index < -0.39 is 20.7 Å². The van der Waals surface area contributed by atoms with Gasteiger partial charge in [0.15, 0.2) is 10.6 Å². The number of benzene rings is 1. The van der Waals surface area contributed by atoms with Crippen LogP contribution in [0.25, 0.3) is 0 Å². The number of aromatic nitrogens is 2. The molecule has 11 heteroatoms. The molecule has 0 spiro atoms. The van der Waals surface area contributed by atoms with Crippen LogP contribution in [0.3, 0.4) is 0 Å². The lowest BCUT2D eigenvalue weighted by Gasteiger charge is -2.34.